The maximum Gasteiger partial charge on any atom is 0.275 e. The van der Waals surface area contributed by atoms with Gasteiger partial charge in [-0.25, -0.2) is 0 Å². The topological polar surface area (TPSA) is 74.2 Å². The van der Waals surface area contributed by atoms with Crippen LogP contribution < -0.4 is 5.32 Å². The Morgan fingerprint density at radius 1 is 1.42 bits per heavy atom. The number of furan rings is 1. The molecule has 0 aromatic carbocycles. The van der Waals surface area contributed by atoms with Gasteiger partial charge in [0.2, 0.25) is 0 Å². The van der Waals surface area contributed by atoms with Crippen molar-refractivity contribution in [2.24, 2.45) is 5.92 Å². The molecule has 2 aliphatic rings. The first kappa shape index (κ1) is 19.0. The molecule has 0 saturated carbocycles. The second-order valence-corrected chi connectivity index (χ2v) is 7.26. The lowest BCUT2D eigenvalue weighted by atomic mass is 9.90. The third-order valence-electron chi connectivity index (χ3n) is 5.49. The van der Waals surface area contributed by atoms with Gasteiger partial charge in [-0.15, -0.1) is 12.4 Å². The van der Waals surface area contributed by atoms with Crippen molar-refractivity contribution < 1.29 is 9.21 Å². The molecule has 0 bridgehead atoms. The number of hydrogen-bond acceptors (Lipinski definition) is 4. The molecule has 2 aromatic rings. The van der Waals surface area contributed by atoms with Crippen LogP contribution in [0.5, 0.6) is 0 Å². The molecule has 4 rings (SSSR count). The molecule has 2 aliphatic heterocycles. The first-order valence-corrected chi connectivity index (χ1v) is 9.33. The van der Waals surface area contributed by atoms with Crippen LogP contribution in [0.15, 0.2) is 16.5 Å². The highest BCUT2D eigenvalue weighted by molar-refractivity contribution is 5.94. The molecule has 2 atom stereocenters. The molecular formula is C19H27ClN4O2. The largest absolute Gasteiger partial charge is 0.464 e. The molecule has 0 aliphatic carbocycles. The summed E-state index contributed by atoms with van der Waals surface area (Å²) >= 11 is 0. The Bertz CT molecular complexity index is 769. The zero-order valence-corrected chi connectivity index (χ0v) is 16.2. The number of fused-ring (bicyclic) bond motifs is 1. The normalized spacial score (nSPS) is 22.6. The SMILES string of the molecule is CCc1ccc(C2CC(C)CCN2C(=O)c2n[nH]c3c2CNCC3)o1.Cl. The van der Waals surface area contributed by atoms with Crippen LogP contribution >= 0.6 is 12.4 Å². The van der Waals surface area contributed by atoms with Gasteiger partial charge in [-0.05, 0) is 30.9 Å². The van der Waals surface area contributed by atoms with Gasteiger partial charge in [0.15, 0.2) is 5.69 Å². The average molecular weight is 379 g/mol. The van der Waals surface area contributed by atoms with Crippen LogP contribution in [0, 0.1) is 5.92 Å². The molecule has 1 fully saturated rings. The smallest absolute Gasteiger partial charge is 0.275 e. The molecule has 2 N–H and O–H groups in total. The van der Waals surface area contributed by atoms with E-state index in [4.69, 9.17) is 4.42 Å². The Balaban J connectivity index is 0.00000196. The number of aryl methyl sites for hydroxylation is 1. The van der Waals surface area contributed by atoms with Crippen molar-refractivity contribution in [1.82, 2.24) is 20.4 Å². The molecule has 142 valence electrons. The number of rotatable bonds is 3. The van der Waals surface area contributed by atoms with Crippen molar-refractivity contribution in [3.05, 3.63) is 40.6 Å². The van der Waals surface area contributed by atoms with Gasteiger partial charge >= 0.3 is 0 Å². The lowest BCUT2D eigenvalue weighted by Gasteiger charge is -2.37. The van der Waals surface area contributed by atoms with Crippen LogP contribution in [0.3, 0.4) is 0 Å². The number of nitrogens with zero attached hydrogens (tertiary/aromatic N) is 2. The minimum atomic E-state index is 0. The van der Waals surface area contributed by atoms with Crippen molar-refractivity contribution in [3.63, 3.8) is 0 Å². The summed E-state index contributed by atoms with van der Waals surface area (Å²) in [5, 5.41) is 10.8. The van der Waals surface area contributed by atoms with E-state index < -0.39 is 0 Å². The number of halogens is 1. The number of nitrogens with one attached hydrogen (secondary N) is 2. The second kappa shape index (κ2) is 7.84. The molecule has 1 saturated heterocycles. The lowest BCUT2D eigenvalue weighted by molar-refractivity contribution is 0.0511. The molecule has 7 heteroatoms. The Hall–Kier alpha value is -1.79. The Kier molecular flexibility index (Phi) is 5.73. The molecule has 6 nitrogen and oxygen atoms in total. The molecule has 1 amide bonds. The molecule has 0 spiro atoms. The highest BCUT2D eigenvalue weighted by Crippen LogP contribution is 2.36. The standard InChI is InChI=1S/C19H26N4O2.ClH/c1-3-13-4-5-17(25-13)16-10-12(2)7-9-23(16)19(24)18-14-11-20-8-6-15(14)21-22-18;/h4-5,12,16,20H,3,6-11H2,1-2H3,(H,21,22);1H. The van der Waals surface area contributed by atoms with Crippen LogP contribution in [0.25, 0.3) is 0 Å². The summed E-state index contributed by atoms with van der Waals surface area (Å²) in [5.74, 6) is 2.48. The van der Waals surface area contributed by atoms with Crippen LogP contribution in [-0.4, -0.2) is 34.1 Å². The number of likely N-dealkylation sites (tertiary alicyclic amines) is 1. The number of aromatic nitrogens is 2. The Labute approximate surface area is 160 Å². The number of carbonyl (C=O) groups is 1. The first-order valence-electron chi connectivity index (χ1n) is 9.33. The fraction of sp³-hybridized carbons (Fsp3) is 0.579. The van der Waals surface area contributed by atoms with Crippen LogP contribution in [0.1, 0.15) is 66.0 Å². The molecular weight excluding hydrogens is 352 g/mol. The van der Waals surface area contributed by atoms with E-state index in [2.05, 4.69) is 29.4 Å². The van der Waals surface area contributed by atoms with E-state index in [0.29, 0.717) is 18.2 Å². The van der Waals surface area contributed by atoms with Gasteiger partial charge in [0.25, 0.3) is 5.91 Å². The summed E-state index contributed by atoms with van der Waals surface area (Å²) in [7, 11) is 0. The van der Waals surface area contributed by atoms with Crippen LogP contribution in [0.2, 0.25) is 0 Å². The predicted octanol–water partition coefficient (Wildman–Crippen LogP) is 3.25. The fourth-order valence-electron chi connectivity index (χ4n) is 3.96. The van der Waals surface area contributed by atoms with E-state index in [1.807, 2.05) is 17.0 Å². The number of amides is 1. The maximum atomic E-state index is 13.3. The van der Waals surface area contributed by atoms with E-state index in [0.717, 1.165) is 61.6 Å². The van der Waals surface area contributed by atoms with E-state index in [1.54, 1.807) is 0 Å². The zero-order valence-electron chi connectivity index (χ0n) is 15.4. The summed E-state index contributed by atoms with van der Waals surface area (Å²) in [6, 6.07) is 4.06. The number of H-pyrrole nitrogens is 1. The van der Waals surface area contributed by atoms with Crippen molar-refractivity contribution in [2.45, 2.75) is 52.1 Å². The van der Waals surface area contributed by atoms with Gasteiger partial charge in [0, 0.05) is 43.7 Å². The van der Waals surface area contributed by atoms with Crippen LogP contribution in [-0.2, 0) is 19.4 Å². The molecule has 2 aromatic heterocycles. The van der Waals surface area contributed by atoms with Gasteiger partial charge in [-0.1, -0.05) is 13.8 Å². The monoisotopic (exact) mass is 378 g/mol. The lowest BCUT2D eigenvalue weighted by Crippen LogP contribution is -2.41. The van der Waals surface area contributed by atoms with E-state index in [1.165, 1.54) is 0 Å². The Morgan fingerprint density at radius 3 is 3.04 bits per heavy atom. The Morgan fingerprint density at radius 2 is 2.27 bits per heavy atom. The molecule has 0 radical (unpaired) electrons. The van der Waals surface area contributed by atoms with Crippen molar-refractivity contribution in [1.29, 1.82) is 0 Å². The van der Waals surface area contributed by atoms with Gasteiger partial charge < -0.3 is 14.6 Å². The summed E-state index contributed by atoms with van der Waals surface area (Å²) < 4.78 is 6.00. The van der Waals surface area contributed by atoms with Gasteiger partial charge in [0.1, 0.15) is 11.5 Å². The predicted molar refractivity (Wildman–Crippen MR) is 102 cm³/mol. The van der Waals surface area contributed by atoms with Crippen molar-refractivity contribution in [3.8, 4) is 0 Å². The minimum Gasteiger partial charge on any atom is -0.464 e. The van der Waals surface area contributed by atoms with Crippen molar-refractivity contribution in [2.75, 3.05) is 13.1 Å². The van der Waals surface area contributed by atoms with Crippen LogP contribution in [0.4, 0.5) is 0 Å². The number of piperidine rings is 1. The first-order chi connectivity index (χ1) is 12.2. The highest BCUT2D eigenvalue weighted by Gasteiger charge is 2.36. The zero-order chi connectivity index (χ0) is 17.4. The second-order valence-electron chi connectivity index (χ2n) is 7.26. The summed E-state index contributed by atoms with van der Waals surface area (Å²) in [4.78, 5) is 15.2. The molecule has 4 heterocycles. The maximum absolute atomic E-state index is 13.3. The summed E-state index contributed by atoms with van der Waals surface area (Å²) in [6.45, 7) is 6.72. The fourth-order valence-corrected chi connectivity index (χ4v) is 3.96. The van der Waals surface area contributed by atoms with Gasteiger partial charge in [-0.3, -0.25) is 9.89 Å². The quantitative estimate of drug-likeness (QED) is 0.859. The highest BCUT2D eigenvalue weighted by atomic mass is 35.5. The minimum absolute atomic E-state index is 0. The molecule has 2 unspecified atom stereocenters. The number of aromatic amines is 1. The van der Waals surface area contributed by atoms with E-state index in [9.17, 15) is 4.79 Å². The third-order valence-corrected chi connectivity index (χ3v) is 5.49. The van der Waals surface area contributed by atoms with Gasteiger partial charge in [-0.2, -0.15) is 5.10 Å². The average Bonchev–Trinajstić information content (AvgIpc) is 3.28. The summed E-state index contributed by atoms with van der Waals surface area (Å²) in [5.41, 5.74) is 2.70. The van der Waals surface area contributed by atoms with E-state index >= 15 is 0 Å². The number of carbonyl (C=O) groups excluding carboxylic acids is 1. The summed E-state index contributed by atoms with van der Waals surface area (Å²) in [6.07, 6.45) is 3.73. The third kappa shape index (κ3) is 3.40. The number of hydrogen-bond donors (Lipinski definition) is 2. The molecule has 26 heavy (non-hydrogen) atoms. The van der Waals surface area contributed by atoms with Gasteiger partial charge in [0.05, 0.1) is 6.04 Å². The van der Waals surface area contributed by atoms with E-state index in [-0.39, 0.29) is 24.4 Å². The van der Waals surface area contributed by atoms with Crippen molar-refractivity contribution >= 4 is 18.3 Å².